The minimum Gasteiger partial charge on any atom is -0.300 e. The fraction of sp³-hybridized carbons (Fsp3) is 1.00. The molecule has 0 atom stereocenters. The quantitative estimate of drug-likeness (QED) is 0.504. The lowest BCUT2D eigenvalue weighted by atomic mass is 10.3. The lowest BCUT2D eigenvalue weighted by Crippen LogP contribution is -2.37. The first kappa shape index (κ1) is 7.50. The number of nitrogens with zero attached hydrogens (tertiary/aromatic N) is 1. The molecule has 0 aromatic carbocycles. The highest BCUT2D eigenvalue weighted by molar-refractivity contribution is 7.38. The third-order valence-electron chi connectivity index (χ3n) is 1.88. The zero-order valence-electron chi connectivity index (χ0n) is 6.35. The highest BCUT2D eigenvalue weighted by atomic mass is 31.1. The zero-order chi connectivity index (χ0) is 6.69. The highest BCUT2D eigenvalue weighted by Crippen LogP contribution is 2.16. The van der Waals surface area contributed by atoms with Gasteiger partial charge in [0.05, 0.1) is 0 Å². The van der Waals surface area contributed by atoms with Crippen molar-refractivity contribution in [3.8, 4) is 0 Å². The Morgan fingerprint density at radius 1 is 1.22 bits per heavy atom. The van der Waals surface area contributed by atoms with Crippen LogP contribution in [0, 0.1) is 0 Å². The molecule has 0 unspecified atom stereocenters. The molecule has 1 saturated heterocycles. The standard InChI is InChI=1S/C7H16NP/c1-7(2)8-3-5-9-6-4-8/h7,9H,3-6H2,1-2H3. The van der Waals surface area contributed by atoms with E-state index < -0.39 is 0 Å². The molecule has 9 heavy (non-hydrogen) atoms. The van der Waals surface area contributed by atoms with Gasteiger partial charge in [0.1, 0.15) is 0 Å². The van der Waals surface area contributed by atoms with Crippen molar-refractivity contribution in [3.05, 3.63) is 0 Å². The monoisotopic (exact) mass is 145 g/mol. The fourth-order valence-electron chi connectivity index (χ4n) is 1.20. The summed E-state index contributed by atoms with van der Waals surface area (Å²) in [5.41, 5.74) is 0. The number of hydrogen-bond acceptors (Lipinski definition) is 1. The van der Waals surface area contributed by atoms with E-state index in [1.807, 2.05) is 0 Å². The lowest BCUT2D eigenvalue weighted by Gasteiger charge is -2.29. The molecule has 1 heterocycles. The first-order valence-electron chi connectivity index (χ1n) is 3.75. The van der Waals surface area contributed by atoms with Crippen LogP contribution >= 0.6 is 8.58 Å². The Bertz CT molecular complexity index is 77.0. The van der Waals surface area contributed by atoms with Gasteiger partial charge < -0.3 is 4.90 Å². The van der Waals surface area contributed by atoms with Gasteiger partial charge in [-0.1, -0.05) is 0 Å². The third-order valence-corrected chi connectivity index (χ3v) is 3.04. The number of rotatable bonds is 1. The van der Waals surface area contributed by atoms with E-state index in [1.54, 1.807) is 0 Å². The average molecular weight is 145 g/mol. The van der Waals surface area contributed by atoms with Gasteiger partial charge in [-0.15, -0.1) is 8.58 Å². The molecule has 0 spiro atoms. The van der Waals surface area contributed by atoms with Gasteiger partial charge >= 0.3 is 0 Å². The second-order valence-corrected chi connectivity index (χ2v) is 4.38. The summed E-state index contributed by atoms with van der Waals surface area (Å²) >= 11 is 0. The van der Waals surface area contributed by atoms with Crippen LogP contribution in [0.25, 0.3) is 0 Å². The van der Waals surface area contributed by atoms with Crippen molar-refractivity contribution < 1.29 is 0 Å². The van der Waals surface area contributed by atoms with Crippen LogP contribution in [0.5, 0.6) is 0 Å². The Morgan fingerprint density at radius 3 is 2.11 bits per heavy atom. The maximum Gasteiger partial charge on any atom is 0.00388 e. The molecule has 54 valence electrons. The smallest absolute Gasteiger partial charge is 0.00388 e. The molecular weight excluding hydrogens is 129 g/mol. The van der Waals surface area contributed by atoms with E-state index in [2.05, 4.69) is 18.7 Å². The fourth-order valence-corrected chi connectivity index (χ4v) is 2.34. The Morgan fingerprint density at radius 2 is 1.78 bits per heavy atom. The highest BCUT2D eigenvalue weighted by Gasteiger charge is 2.11. The Hall–Kier alpha value is 0.390. The summed E-state index contributed by atoms with van der Waals surface area (Å²) < 4.78 is 0. The Labute approximate surface area is 59.6 Å². The minimum atomic E-state index is 0.773. The van der Waals surface area contributed by atoms with Crippen molar-refractivity contribution in [1.82, 2.24) is 4.90 Å². The van der Waals surface area contributed by atoms with Gasteiger partial charge in [0, 0.05) is 19.1 Å². The SMILES string of the molecule is CC(C)N1CCPCC1. The molecule has 0 aromatic heterocycles. The molecule has 0 aliphatic carbocycles. The first-order chi connectivity index (χ1) is 4.30. The van der Waals surface area contributed by atoms with E-state index in [9.17, 15) is 0 Å². The second kappa shape index (κ2) is 3.53. The van der Waals surface area contributed by atoms with Crippen LogP contribution in [0.2, 0.25) is 0 Å². The van der Waals surface area contributed by atoms with E-state index in [4.69, 9.17) is 0 Å². The van der Waals surface area contributed by atoms with Crippen molar-refractivity contribution in [2.45, 2.75) is 19.9 Å². The molecule has 0 radical (unpaired) electrons. The van der Waals surface area contributed by atoms with E-state index in [0.717, 1.165) is 6.04 Å². The summed E-state index contributed by atoms with van der Waals surface area (Å²) in [7, 11) is 1.24. The van der Waals surface area contributed by atoms with Crippen molar-refractivity contribution in [2.24, 2.45) is 0 Å². The zero-order valence-corrected chi connectivity index (χ0v) is 7.35. The molecule has 1 nitrogen and oxygen atoms in total. The van der Waals surface area contributed by atoms with Gasteiger partial charge in [-0.25, -0.2) is 0 Å². The van der Waals surface area contributed by atoms with Gasteiger partial charge in [0.2, 0.25) is 0 Å². The minimum absolute atomic E-state index is 0.773. The van der Waals surface area contributed by atoms with Crippen LogP contribution in [0.15, 0.2) is 0 Å². The van der Waals surface area contributed by atoms with Crippen molar-refractivity contribution in [3.63, 3.8) is 0 Å². The van der Waals surface area contributed by atoms with E-state index in [-0.39, 0.29) is 0 Å². The predicted molar refractivity (Wildman–Crippen MR) is 44.8 cm³/mol. The lowest BCUT2D eigenvalue weighted by molar-refractivity contribution is 0.244. The molecule has 0 aromatic rings. The average Bonchev–Trinajstić information content (AvgIpc) is 1.90. The summed E-state index contributed by atoms with van der Waals surface area (Å²) in [6, 6.07) is 0.773. The molecule has 0 N–H and O–H groups in total. The van der Waals surface area contributed by atoms with Gasteiger partial charge in [0.25, 0.3) is 0 Å². The molecule has 0 amide bonds. The molecule has 1 fully saturated rings. The Kier molecular flexibility index (Phi) is 2.94. The van der Waals surface area contributed by atoms with Crippen LogP contribution in [0.1, 0.15) is 13.8 Å². The molecular formula is C7H16NP. The number of hydrogen-bond donors (Lipinski definition) is 0. The van der Waals surface area contributed by atoms with E-state index >= 15 is 0 Å². The summed E-state index contributed by atoms with van der Waals surface area (Å²) in [5.74, 6) is 0. The topological polar surface area (TPSA) is 3.24 Å². The van der Waals surface area contributed by atoms with Gasteiger partial charge in [-0.05, 0) is 26.2 Å². The van der Waals surface area contributed by atoms with Crippen LogP contribution in [-0.2, 0) is 0 Å². The molecule has 2 heteroatoms. The third kappa shape index (κ3) is 2.23. The first-order valence-corrected chi connectivity index (χ1v) is 5.17. The van der Waals surface area contributed by atoms with Crippen LogP contribution in [-0.4, -0.2) is 36.4 Å². The predicted octanol–water partition coefficient (Wildman–Crippen LogP) is 1.39. The Balaban J connectivity index is 2.23. The summed E-state index contributed by atoms with van der Waals surface area (Å²) in [6.45, 7) is 7.26. The molecule has 1 aliphatic rings. The van der Waals surface area contributed by atoms with Crippen LogP contribution in [0.4, 0.5) is 0 Å². The van der Waals surface area contributed by atoms with E-state index in [0.29, 0.717) is 0 Å². The summed E-state index contributed by atoms with van der Waals surface area (Å²) in [4.78, 5) is 2.57. The molecule has 0 saturated carbocycles. The van der Waals surface area contributed by atoms with Gasteiger partial charge in [0.15, 0.2) is 0 Å². The summed E-state index contributed by atoms with van der Waals surface area (Å²) in [5, 5.41) is 0. The van der Waals surface area contributed by atoms with Crippen molar-refractivity contribution in [2.75, 3.05) is 25.4 Å². The van der Waals surface area contributed by atoms with Gasteiger partial charge in [-0.3, -0.25) is 0 Å². The van der Waals surface area contributed by atoms with Gasteiger partial charge in [-0.2, -0.15) is 0 Å². The van der Waals surface area contributed by atoms with E-state index in [1.165, 1.54) is 34.0 Å². The maximum absolute atomic E-state index is 2.57. The largest absolute Gasteiger partial charge is 0.300 e. The molecule has 0 bridgehead atoms. The van der Waals surface area contributed by atoms with Crippen LogP contribution < -0.4 is 0 Å². The molecule has 1 rings (SSSR count). The second-order valence-electron chi connectivity index (χ2n) is 2.88. The maximum atomic E-state index is 2.57. The normalized spacial score (nSPS) is 23.0. The summed E-state index contributed by atoms with van der Waals surface area (Å²) in [6.07, 6.45) is 2.89. The van der Waals surface area contributed by atoms with Crippen molar-refractivity contribution in [1.29, 1.82) is 0 Å². The van der Waals surface area contributed by atoms with Crippen molar-refractivity contribution >= 4 is 8.58 Å². The molecule has 1 aliphatic heterocycles. The van der Waals surface area contributed by atoms with Crippen LogP contribution in [0.3, 0.4) is 0 Å².